The van der Waals surface area contributed by atoms with Crippen LogP contribution in [-0.4, -0.2) is 64.4 Å². The first-order chi connectivity index (χ1) is 13.5. The molecule has 2 N–H and O–H groups in total. The number of aliphatic hydroxyl groups excluding tert-OH is 1. The quantitative estimate of drug-likeness (QED) is 0.695. The van der Waals surface area contributed by atoms with Gasteiger partial charge in [0.25, 0.3) is 11.8 Å². The first kappa shape index (κ1) is 19.9. The lowest BCUT2D eigenvalue weighted by atomic mass is 10.2. The van der Waals surface area contributed by atoms with E-state index >= 15 is 0 Å². The third kappa shape index (κ3) is 4.69. The molecule has 28 heavy (non-hydrogen) atoms. The molecule has 2 heterocycles. The second-order valence-electron chi connectivity index (χ2n) is 6.89. The average Bonchev–Trinajstić information content (AvgIpc) is 3.07. The number of carbonyl (C=O) groups is 2. The summed E-state index contributed by atoms with van der Waals surface area (Å²) in [5.74, 6) is 0.222. The zero-order valence-corrected chi connectivity index (χ0v) is 16.2. The third-order valence-electron chi connectivity index (χ3n) is 4.67. The number of amides is 2. The normalized spacial score (nSPS) is 16.1. The molecule has 0 bridgehead atoms. The van der Waals surface area contributed by atoms with E-state index in [-0.39, 0.29) is 36.3 Å². The molecule has 0 spiro atoms. The molecule has 0 radical (unpaired) electrons. The molecular weight excluding hydrogens is 360 g/mol. The van der Waals surface area contributed by atoms with Gasteiger partial charge in [-0.2, -0.15) is 5.10 Å². The molecule has 0 saturated carbocycles. The van der Waals surface area contributed by atoms with E-state index in [9.17, 15) is 14.7 Å². The first-order valence-electron chi connectivity index (χ1n) is 9.49. The Balaban J connectivity index is 1.53. The second-order valence-corrected chi connectivity index (χ2v) is 6.89. The van der Waals surface area contributed by atoms with E-state index in [0.29, 0.717) is 19.6 Å². The van der Waals surface area contributed by atoms with Gasteiger partial charge in [-0.15, -0.1) is 0 Å². The Hall–Kier alpha value is -2.87. The summed E-state index contributed by atoms with van der Waals surface area (Å²) in [6, 6.07) is 9.45. The number of ether oxygens (including phenoxy) is 1. The molecule has 1 aliphatic heterocycles. The summed E-state index contributed by atoms with van der Waals surface area (Å²) in [6.07, 6.45) is 0.901. The number of aromatic nitrogens is 2. The number of fused-ring (bicyclic) bond motifs is 1. The van der Waals surface area contributed by atoms with E-state index in [1.807, 2.05) is 18.2 Å². The smallest absolute Gasteiger partial charge is 0.274 e. The summed E-state index contributed by atoms with van der Waals surface area (Å²) in [5.41, 5.74) is 1.70. The average molecular weight is 386 g/mol. The lowest BCUT2D eigenvalue weighted by Gasteiger charge is -2.16. The number of hydrogen-bond acceptors (Lipinski definition) is 5. The molecule has 0 unspecified atom stereocenters. The predicted octanol–water partition coefficient (Wildman–Crippen LogP) is 1.09. The van der Waals surface area contributed by atoms with Crippen molar-refractivity contribution in [2.75, 3.05) is 26.7 Å². The minimum atomic E-state index is -0.728. The molecule has 0 fully saturated rings. The van der Waals surface area contributed by atoms with Gasteiger partial charge in [0.05, 0.1) is 19.3 Å². The maximum absolute atomic E-state index is 12.6. The van der Waals surface area contributed by atoms with Crippen LogP contribution in [0.1, 0.15) is 39.9 Å². The number of carbonyl (C=O) groups excluding carboxylic acids is 2. The summed E-state index contributed by atoms with van der Waals surface area (Å²) >= 11 is 0. The van der Waals surface area contributed by atoms with Crippen molar-refractivity contribution in [1.82, 2.24) is 20.0 Å². The summed E-state index contributed by atoms with van der Waals surface area (Å²) < 4.78 is 7.14. The monoisotopic (exact) mass is 386 g/mol. The third-order valence-corrected chi connectivity index (χ3v) is 4.67. The summed E-state index contributed by atoms with van der Waals surface area (Å²) in [4.78, 5) is 26.2. The number of hydrogen-bond donors (Lipinski definition) is 2. The fraction of sp³-hybridized carbons (Fsp3) is 0.450. The van der Waals surface area contributed by atoms with Crippen LogP contribution in [0.15, 0.2) is 30.3 Å². The number of β-amino-alcohol motifs (C(OH)–C–C–N with tert-alkyl or cyclic N) is 1. The van der Waals surface area contributed by atoms with Crippen LogP contribution in [0.3, 0.4) is 0 Å². The van der Waals surface area contributed by atoms with Gasteiger partial charge in [0.2, 0.25) is 0 Å². The lowest BCUT2D eigenvalue weighted by Crippen LogP contribution is -2.31. The zero-order chi connectivity index (χ0) is 20.1. The number of aryl methyl sites for hydroxylation is 1. The van der Waals surface area contributed by atoms with Crippen molar-refractivity contribution in [2.45, 2.75) is 32.4 Å². The van der Waals surface area contributed by atoms with Crippen molar-refractivity contribution >= 4 is 11.8 Å². The standard InChI is InChI=1S/C20H26N4O4/c1-3-14-6-4-7-16(10-14)28-9-5-8-23(2)20(27)17-11-18-19(26)21-12-15(25)13-24(18)22-17/h4,6-7,10-11,15,25H,3,5,8-9,12-13H2,1-2H3,(H,21,26)/t15-/m0/s1. The van der Waals surface area contributed by atoms with Crippen LogP contribution in [0.2, 0.25) is 0 Å². The molecule has 8 nitrogen and oxygen atoms in total. The van der Waals surface area contributed by atoms with Gasteiger partial charge in [-0.3, -0.25) is 14.3 Å². The van der Waals surface area contributed by atoms with E-state index in [2.05, 4.69) is 23.4 Å². The van der Waals surface area contributed by atoms with Crippen LogP contribution in [0, 0.1) is 0 Å². The van der Waals surface area contributed by atoms with Crippen LogP contribution < -0.4 is 10.1 Å². The molecule has 1 aromatic heterocycles. The fourth-order valence-electron chi connectivity index (χ4n) is 3.05. The Kier molecular flexibility index (Phi) is 6.30. The van der Waals surface area contributed by atoms with Crippen LogP contribution >= 0.6 is 0 Å². The molecule has 1 aliphatic rings. The van der Waals surface area contributed by atoms with Crippen molar-refractivity contribution < 1.29 is 19.4 Å². The van der Waals surface area contributed by atoms with Crippen molar-refractivity contribution in [3.63, 3.8) is 0 Å². The zero-order valence-electron chi connectivity index (χ0n) is 16.2. The number of aliphatic hydroxyl groups is 1. The van der Waals surface area contributed by atoms with Crippen LogP contribution in [0.5, 0.6) is 5.75 Å². The maximum Gasteiger partial charge on any atom is 0.274 e. The molecule has 3 rings (SSSR count). The largest absolute Gasteiger partial charge is 0.494 e. The number of benzene rings is 1. The predicted molar refractivity (Wildman–Crippen MR) is 103 cm³/mol. The van der Waals surface area contributed by atoms with Crippen molar-refractivity contribution in [3.8, 4) is 5.75 Å². The van der Waals surface area contributed by atoms with Crippen molar-refractivity contribution in [3.05, 3.63) is 47.3 Å². The molecular formula is C20H26N4O4. The molecule has 1 aromatic carbocycles. The minimum Gasteiger partial charge on any atom is -0.494 e. The van der Waals surface area contributed by atoms with Gasteiger partial charge in [-0.05, 0) is 30.5 Å². The van der Waals surface area contributed by atoms with Crippen molar-refractivity contribution in [1.29, 1.82) is 0 Å². The summed E-state index contributed by atoms with van der Waals surface area (Å²) in [5, 5.41) is 16.6. The second kappa shape index (κ2) is 8.88. The highest BCUT2D eigenvalue weighted by atomic mass is 16.5. The topological polar surface area (TPSA) is 96.7 Å². The first-order valence-corrected chi connectivity index (χ1v) is 9.49. The highest BCUT2D eigenvalue weighted by Crippen LogP contribution is 2.14. The molecule has 2 aromatic rings. The van der Waals surface area contributed by atoms with Crippen LogP contribution in [0.25, 0.3) is 0 Å². The van der Waals surface area contributed by atoms with Gasteiger partial charge in [0.1, 0.15) is 11.4 Å². The number of nitrogens with zero attached hydrogens (tertiary/aromatic N) is 3. The van der Waals surface area contributed by atoms with E-state index in [1.54, 1.807) is 11.9 Å². The molecule has 0 aliphatic carbocycles. The Morgan fingerprint density at radius 2 is 2.25 bits per heavy atom. The number of rotatable bonds is 7. The molecule has 150 valence electrons. The van der Waals surface area contributed by atoms with Gasteiger partial charge in [0, 0.05) is 26.2 Å². The molecule has 1 atom stereocenters. The molecule has 2 amide bonds. The number of nitrogens with one attached hydrogen (secondary N) is 1. The molecule has 8 heteroatoms. The van der Waals surface area contributed by atoms with Crippen molar-refractivity contribution in [2.24, 2.45) is 0 Å². The highest BCUT2D eigenvalue weighted by Gasteiger charge is 2.25. The van der Waals surface area contributed by atoms with Gasteiger partial charge >= 0.3 is 0 Å². The van der Waals surface area contributed by atoms with E-state index in [0.717, 1.165) is 12.2 Å². The maximum atomic E-state index is 12.6. The Labute approximate surface area is 164 Å². The van der Waals surface area contributed by atoms with Crippen LogP contribution in [-0.2, 0) is 13.0 Å². The van der Waals surface area contributed by atoms with E-state index in [4.69, 9.17) is 4.74 Å². The summed E-state index contributed by atoms with van der Waals surface area (Å²) in [6.45, 7) is 3.45. The van der Waals surface area contributed by atoms with E-state index in [1.165, 1.54) is 16.3 Å². The Morgan fingerprint density at radius 1 is 1.43 bits per heavy atom. The highest BCUT2D eigenvalue weighted by molar-refractivity contribution is 5.98. The Bertz CT molecular complexity index is 848. The van der Waals surface area contributed by atoms with Gasteiger partial charge in [-0.1, -0.05) is 19.1 Å². The van der Waals surface area contributed by atoms with Gasteiger partial charge in [0.15, 0.2) is 5.69 Å². The Morgan fingerprint density at radius 3 is 3.04 bits per heavy atom. The van der Waals surface area contributed by atoms with Crippen LogP contribution in [0.4, 0.5) is 0 Å². The molecule has 0 saturated heterocycles. The fourth-order valence-corrected chi connectivity index (χ4v) is 3.05. The SMILES string of the molecule is CCc1cccc(OCCCN(C)C(=O)c2cc3n(n2)C[C@@H](O)CNC3=O)c1. The van der Waals surface area contributed by atoms with Gasteiger partial charge < -0.3 is 20.1 Å². The van der Waals surface area contributed by atoms with Gasteiger partial charge in [-0.25, -0.2) is 0 Å². The minimum absolute atomic E-state index is 0.173. The summed E-state index contributed by atoms with van der Waals surface area (Å²) in [7, 11) is 1.69. The van der Waals surface area contributed by atoms with E-state index < -0.39 is 6.10 Å². The lowest BCUT2D eigenvalue weighted by molar-refractivity contribution is 0.0779.